The minimum absolute atomic E-state index is 0. The number of aliphatic hydroxyl groups excluding tert-OH is 1. The summed E-state index contributed by atoms with van der Waals surface area (Å²) in [6, 6.07) is 0. The van der Waals surface area contributed by atoms with Crippen LogP contribution in [0.1, 0.15) is 41.5 Å². The molecular weight excluding hydrogens is 288 g/mol. The summed E-state index contributed by atoms with van der Waals surface area (Å²) >= 11 is 0. The SMILES string of the molecule is C.C=CCN.CC.CC/C=C/N(C)C(O)CNCCN(C)CC. The Morgan fingerprint density at radius 1 is 1.26 bits per heavy atom. The van der Waals surface area contributed by atoms with Gasteiger partial charge in [0.25, 0.3) is 0 Å². The summed E-state index contributed by atoms with van der Waals surface area (Å²) in [5, 5.41) is 13.0. The van der Waals surface area contributed by atoms with Gasteiger partial charge in [0.1, 0.15) is 6.23 Å². The van der Waals surface area contributed by atoms with E-state index < -0.39 is 6.23 Å². The van der Waals surface area contributed by atoms with Crippen LogP contribution < -0.4 is 11.1 Å². The molecule has 5 heteroatoms. The average Bonchev–Trinajstić information content (AvgIpc) is 2.57. The summed E-state index contributed by atoms with van der Waals surface area (Å²) in [6.07, 6.45) is 6.15. The first kappa shape index (κ1) is 30.1. The van der Waals surface area contributed by atoms with Crippen LogP contribution in [-0.2, 0) is 0 Å². The highest BCUT2D eigenvalue weighted by Crippen LogP contribution is 1.93. The third kappa shape index (κ3) is 26.3. The quantitative estimate of drug-likeness (QED) is 0.326. The first-order valence-electron chi connectivity index (χ1n) is 8.30. The second-order valence-electron chi connectivity index (χ2n) is 4.56. The van der Waals surface area contributed by atoms with Crippen LogP contribution in [0.2, 0.25) is 0 Å². The number of hydrogen-bond acceptors (Lipinski definition) is 5. The molecule has 0 amide bonds. The predicted molar refractivity (Wildman–Crippen MR) is 107 cm³/mol. The van der Waals surface area contributed by atoms with Gasteiger partial charge in [-0.15, -0.1) is 6.58 Å². The van der Waals surface area contributed by atoms with Crippen molar-refractivity contribution < 1.29 is 5.11 Å². The van der Waals surface area contributed by atoms with Crippen LogP contribution in [0.5, 0.6) is 0 Å². The maximum absolute atomic E-state index is 9.77. The fraction of sp³-hybridized carbons (Fsp3) is 0.778. The maximum atomic E-state index is 9.77. The van der Waals surface area contributed by atoms with Crippen LogP contribution in [0.15, 0.2) is 24.9 Å². The molecule has 0 saturated heterocycles. The predicted octanol–water partition coefficient (Wildman–Crippen LogP) is 2.50. The zero-order chi connectivity index (χ0) is 17.8. The van der Waals surface area contributed by atoms with E-state index in [-0.39, 0.29) is 7.43 Å². The lowest BCUT2D eigenvalue weighted by Gasteiger charge is -2.22. The highest BCUT2D eigenvalue weighted by Gasteiger charge is 2.05. The number of nitrogens with one attached hydrogen (secondary N) is 1. The molecule has 0 rings (SSSR count). The van der Waals surface area contributed by atoms with Gasteiger partial charge in [-0.1, -0.05) is 47.3 Å². The third-order valence-electron chi connectivity index (χ3n) is 2.75. The van der Waals surface area contributed by atoms with Gasteiger partial charge < -0.3 is 26.0 Å². The Balaban J connectivity index is -0.000000223. The van der Waals surface area contributed by atoms with E-state index in [0.29, 0.717) is 13.1 Å². The molecule has 0 saturated carbocycles. The Morgan fingerprint density at radius 2 is 1.78 bits per heavy atom. The van der Waals surface area contributed by atoms with E-state index in [1.807, 2.05) is 38.1 Å². The average molecular weight is 333 g/mol. The minimum Gasteiger partial charge on any atom is -0.372 e. The lowest BCUT2D eigenvalue weighted by molar-refractivity contribution is 0.0547. The number of nitrogens with zero attached hydrogens (tertiary/aromatic N) is 2. The lowest BCUT2D eigenvalue weighted by atomic mass is 10.4. The molecule has 0 aromatic rings. The second kappa shape index (κ2) is 26.0. The molecule has 1 unspecified atom stereocenters. The minimum atomic E-state index is -0.449. The maximum Gasteiger partial charge on any atom is 0.138 e. The van der Waals surface area contributed by atoms with E-state index in [1.165, 1.54) is 0 Å². The zero-order valence-corrected chi connectivity index (χ0v) is 15.7. The standard InChI is InChI=1S/C12H27N3O.C3H7N.C2H6.CH4/c1-5-7-9-15(4)12(16)11-13-8-10-14(3)6-2;1-2-3-4;1-2;/h7,9,12-13,16H,5-6,8,10-11H2,1-4H3;2H,1,3-4H2;1-2H3;1H4/b9-7+;;;. The van der Waals surface area contributed by atoms with Gasteiger partial charge in [0.2, 0.25) is 0 Å². The molecule has 0 bridgehead atoms. The number of allylic oxidation sites excluding steroid dienone is 1. The fourth-order valence-corrected chi connectivity index (χ4v) is 1.17. The molecule has 0 aromatic heterocycles. The summed E-state index contributed by atoms with van der Waals surface area (Å²) in [7, 11) is 3.98. The van der Waals surface area contributed by atoms with Gasteiger partial charge in [-0.2, -0.15) is 0 Å². The van der Waals surface area contributed by atoms with Gasteiger partial charge >= 0.3 is 0 Å². The first-order valence-corrected chi connectivity index (χ1v) is 8.30. The normalized spacial score (nSPS) is 10.8. The van der Waals surface area contributed by atoms with Crippen molar-refractivity contribution in [1.82, 2.24) is 15.1 Å². The van der Waals surface area contributed by atoms with E-state index in [0.717, 1.165) is 26.1 Å². The van der Waals surface area contributed by atoms with Gasteiger partial charge in [0, 0.05) is 33.2 Å². The Morgan fingerprint density at radius 3 is 2.17 bits per heavy atom. The molecule has 1 atom stereocenters. The van der Waals surface area contributed by atoms with Crippen molar-refractivity contribution in [3.63, 3.8) is 0 Å². The van der Waals surface area contributed by atoms with Crippen LogP contribution in [0.3, 0.4) is 0 Å². The highest BCUT2D eigenvalue weighted by molar-refractivity contribution is 4.81. The Labute approximate surface area is 146 Å². The molecule has 0 spiro atoms. The van der Waals surface area contributed by atoms with Gasteiger partial charge in [0.05, 0.1) is 0 Å². The number of likely N-dealkylation sites (N-methyl/N-ethyl adjacent to an activating group) is 2. The summed E-state index contributed by atoms with van der Waals surface area (Å²) < 4.78 is 0. The van der Waals surface area contributed by atoms with Crippen molar-refractivity contribution in [1.29, 1.82) is 0 Å². The van der Waals surface area contributed by atoms with Crippen LogP contribution in [0, 0.1) is 0 Å². The van der Waals surface area contributed by atoms with Crippen LogP contribution in [-0.4, -0.2) is 68.0 Å². The summed E-state index contributed by atoms with van der Waals surface area (Å²) in [4.78, 5) is 4.06. The van der Waals surface area contributed by atoms with Gasteiger partial charge in [0.15, 0.2) is 0 Å². The topological polar surface area (TPSA) is 64.8 Å². The fourth-order valence-electron chi connectivity index (χ4n) is 1.17. The molecule has 0 heterocycles. The van der Waals surface area contributed by atoms with Crippen molar-refractivity contribution in [3.8, 4) is 0 Å². The smallest absolute Gasteiger partial charge is 0.138 e. The molecule has 0 aromatic carbocycles. The van der Waals surface area contributed by atoms with Crippen molar-refractivity contribution in [2.24, 2.45) is 5.73 Å². The highest BCUT2D eigenvalue weighted by atomic mass is 16.3. The van der Waals surface area contributed by atoms with Gasteiger partial charge in [-0.3, -0.25) is 0 Å². The molecule has 0 radical (unpaired) electrons. The zero-order valence-electron chi connectivity index (χ0n) is 15.7. The molecule has 0 fully saturated rings. The molecule has 0 aliphatic rings. The van der Waals surface area contributed by atoms with Gasteiger partial charge in [-0.05, 0) is 26.2 Å². The number of aliphatic hydroxyl groups is 1. The Kier molecular flexibility index (Phi) is 34.0. The largest absolute Gasteiger partial charge is 0.372 e. The van der Waals surface area contributed by atoms with E-state index in [2.05, 4.69) is 37.7 Å². The molecule has 142 valence electrons. The molecule has 5 nitrogen and oxygen atoms in total. The Bertz CT molecular complexity index is 235. The number of hydrogen-bond donors (Lipinski definition) is 3. The summed E-state index contributed by atoms with van der Waals surface area (Å²) in [5.74, 6) is 0. The molecular formula is C18H44N4O. The molecule has 0 aliphatic heterocycles. The molecule has 0 aliphatic carbocycles. The van der Waals surface area contributed by atoms with Crippen molar-refractivity contribution in [3.05, 3.63) is 24.9 Å². The van der Waals surface area contributed by atoms with Crippen LogP contribution >= 0.6 is 0 Å². The van der Waals surface area contributed by atoms with E-state index in [4.69, 9.17) is 5.73 Å². The van der Waals surface area contributed by atoms with Crippen LogP contribution in [0.4, 0.5) is 0 Å². The van der Waals surface area contributed by atoms with E-state index in [9.17, 15) is 5.11 Å². The van der Waals surface area contributed by atoms with E-state index in [1.54, 1.807) is 6.08 Å². The summed E-state index contributed by atoms with van der Waals surface area (Å²) in [6.45, 7) is 15.7. The van der Waals surface area contributed by atoms with E-state index >= 15 is 0 Å². The molecule has 23 heavy (non-hydrogen) atoms. The Hall–Kier alpha value is -0.880. The monoisotopic (exact) mass is 332 g/mol. The van der Waals surface area contributed by atoms with Crippen molar-refractivity contribution in [2.45, 2.75) is 47.8 Å². The first-order chi connectivity index (χ1) is 10.5. The second-order valence-corrected chi connectivity index (χ2v) is 4.56. The number of nitrogens with two attached hydrogens (primary N) is 1. The van der Waals surface area contributed by atoms with Crippen molar-refractivity contribution in [2.75, 3.05) is 46.8 Å². The summed E-state index contributed by atoms with van der Waals surface area (Å²) in [5.41, 5.74) is 4.91. The third-order valence-corrected chi connectivity index (χ3v) is 2.75. The van der Waals surface area contributed by atoms with Gasteiger partial charge in [-0.25, -0.2) is 0 Å². The molecule has 4 N–H and O–H groups in total. The van der Waals surface area contributed by atoms with Crippen molar-refractivity contribution >= 4 is 0 Å². The number of rotatable bonds is 10. The van der Waals surface area contributed by atoms with Crippen LogP contribution in [0.25, 0.3) is 0 Å². The lowest BCUT2D eigenvalue weighted by Crippen LogP contribution is -2.39.